The van der Waals surface area contributed by atoms with Gasteiger partial charge in [-0.1, -0.05) is 18.6 Å². The topological polar surface area (TPSA) is 66.9 Å². The van der Waals surface area contributed by atoms with Gasteiger partial charge in [0.1, 0.15) is 0 Å². The second kappa shape index (κ2) is 11.8. The SMILES string of the molecule is CCNC(=NCc1ccc(NCCOC)cc1)NCC1(CCOC)CCC1. The van der Waals surface area contributed by atoms with E-state index in [4.69, 9.17) is 14.5 Å². The van der Waals surface area contributed by atoms with Crippen LogP contribution in [0.5, 0.6) is 0 Å². The third-order valence-electron chi connectivity index (χ3n) is 5.23. The number of ether oxygens (including phenoxy) is 2. The van der Waals surface area contributed by atoms with Gasteiger partial charge in [-0.25, -0.2) is 4.99 Å². The van der Waals surface area contributed by atoms with Crippen molar-refractivity contribution in [2.45, 2.75) is 39.2 Å². The van der Waals surface area contributed by atoms with Crippen molar-refractivity contribution in [2.24, 2.45) is 10.4 Å². The molecule has 2 rings (SSSR count). The lowest BCUT2D eigenvalue weighted by Gasteiger charge is -2.42. The minimum Gasteiger partial charge on any atom is -0.385 e. The van der Waals surface area contributed by atoms with Crippen molar-refractivity contribution in [3.05, 3.63) is 29.8 Å². The molecule has 1 aliphatic rings. The average molecular weight is 377 g/mol. The van der Waals surface area contributed by atoms with Gasteiger partial charge in [0.05, 0.1) is 13.2 Å². The molecule has 1 aromatic carbocycles. The predicted molar refractivity (Wildman–Crippen MR) is 112 cm³/mol. The fraction of sp³-hybridized carbons (Fsp3) is 0.667. The maximum Gasteiger partial charge on any atom is 0.191 e. The zero-order valence-electron chi connectivity index (χ0n) is 17.1. The van der Waals surface area contributed by atoms with Gasteiger partial charge in [-0.05, 0) is 49.3 Å². The Morgan fingerprint density at radius 1 is 1.07 bits per heavy atom. The van der Waals surface area contributed by atoms with Crippen molar-refractivity contribution in [1.82, 2.24) is 10.6 Å². The zero-order chi connectivity index (χ0) is 19.4. The van der Waals surface area contributed by atoms with Gasteiger partial charge in [0.2, 0.25) is 0 Å². The highest BCUT2D eigenvalue weighted by Gasteiger charge is 2.36. The summed E-state index contributed by atoms with van der Waals surface area (Å²) in [7, 11) is 3.49. The van der Waals surface area contributed by atoms with E-state index < -0.39 is 0 Å². The Balaban J connectivity index is 1.85. The standard InChI is InChI=1S/C21H36N4O2/c1-4-22-20(25-17-21(10-5-11-21)12-14-26-2)24-16-18-6-8-19(9-7-18)23-13-15-27-3/h6-9,23H,4-5,10-17H2,1-3H3,(H2,22,24,25). The first kappa shape index (κ1) is 21.5. The Hall–Kier alpha value is -1.79. The highest BCUT2D eigenvalue weighted by molar-refractivity contribution is 5.79. The number of methoxy groups -OCH3 is 2. The minimum atomic E-state index is 0.377. The molecule has 3 N–H and O–H groups in total. The summed E-state index contributed by atoms with van der Waals surface area (Å²) in [6.07, 6.45) is 5.00. The Labute approximate surface area is 164 Å². The van der Waals surface area contributed by atoms with Crippen LogP contribution < -0.4 is 16.0 Å². The van der Waals surface area contributed by atoms with E-state index in [2.05, 4.69) is 47.1 Å². The summed E-state index contributed by atoms with van der Waals surface area (Å²) in [5, 5.41) is 10.2. The van der Waals surface area contributed by atoms with Crippen LogP contribution in [0.2, 0.25) is 0 Å². The van der Waals surface area contributed by atoms with Gasteiger partial charge in [-0.2, -0.15) is 0 Å². The number of benzene rings is 1. The monoisotopic (exact) mass is 376 g/mol. The van der Waals surface area contributed by atoms with Crippen LogP contribution in [0, 0.1) is 5.41 Å². The van der Waals surface area contributed by atoms with Gasteiger partial charge in [-0.3, -0.25) is 0 Å². The second-order valence-electron chi connectivity index (χ2n) is 7.26. The summed E-state index contributed by atoms with van der Waals surface area (Å²) in [5.74, 6) is 0.892. The van der Waals surface area contributed by atoms with Crippen molar-refractivity contribution in [3.63, 3.8) is 0 Å². The third kappa shape index (κ3) is 7.39. The van der Waals surface area contributed by atoms with Crippen molar-refractivity contribution in [1.29, 1.82) is 0 Å². The zero-order valence-corrected chi connectivity index (χ0v) is 17.1. The number of rotatable bonds is 12. The van der Waals surface area contributed by atoms with Crippen LogP contribution >= 0.6 is 0 Å². The molecule has 0 saturated heterocycles. The third-order valence-corrected chi connectivity index (χ3v) is 5.23. The van der Waals surface area contributed by atoms with E-state index in [0.717, 1.165) is 44.3 Å². The summed E-state index contributed by atoms with van der Waals surface area (Å²) in [6, 6.07) is 8.42. The molecule has 1 fully saturated rings. The Kier molecular flexibility index (Phi) is 9.42. The molecular formula is C21H36N4O2. The maximum atomic E-state index is 5.29. The summed E-state index contributed by atoms with van der Waals surface area (Å²) in [5.41, 5.74) is 2.68. The quantitative estimate of drug-likeness (QED) is 0.297. The molecule has 152 valence electrons. The lowest BCUT2D eigenvalue weighted by molar-refractivity contribution is 0.0732. The summed E-state index contributed by atoms with van der Waals surface area (Å²) in [4.78, 5) is 4.75. The summed E-state index contributed by atoms with van der Waals surface area (Å²) in [6.45, 7) is 6.94. The molecule has 0 bridgehead atoms. The number of nitrogens with zero attached hydrogens (tertiary/aromatic N) is 1. The molecule has 0 radical (unpaired) electrons. The van der Waals surface area contributed by atoms with Crippen LogP contribution in [0.15, 0.2) is 29.3 Å². The number of hydrogen-bond acceptors (Lipinski definition) is 4. The molecular weight excluding hydrogens is 340 g/mol. The number of nitrogens with one attached hydrogen (secondary N) is 3. The maximum absolute atomic E-state index is 5.29. The molecule has 0 unspecified atom stereocenters. The molecule has 1 aliphatic carbocycles. The number of hydrogen-bond donors (Lipinski definition) is 3. The molecule has 0 aromatic heterocycles. The first-order valence-corrected chi connectivity index (χ1v) is 10.0. The summed E-state index contributed by atoms with van der Waals surface area (Å²) >= 11 is 0. The predicted octanol–water partition coefficient (Wildman–Crippen LogP) is 3.01. The van der Waals surface area contributed by atoms with Crippen LogP contribution in [0.4, 0.5) is 5.69 Å². The molecule has 0 aliphatic heterocycles. The van der Waals surface area contributed by atoms with Crippen LogP contribution in [0.25, 0.3) is 0 Å². The van der Waals surface area contributed by atoms with Gasteiger partial charge in [0, 0.05) is 46.1 Å². The van der Waals surface area contributed by atoms with E-state index >= 15 is 0 Å². The molecule has 6 heteroatoms. The van der Waals surface area contributed by atoms with Gasteiger partial charge in [0.15, 0.2) is 5.96 Å². The average Bonchev–Trinajstić information content (AvgIpc) is 2.66. The fourth-order valence-electron chi connectivity index (χ4n) is 3.32. The van der Waals surface area contributed by atoms with E-state index in [1.807, 2.05) is 0 Å². The van der Waals surface area contributed by atoms with Gasteiger partial charge >= 0.3 is 0 Å². The van der Waals surface area contributed by atoms with Crippen LogP contribution in [-0.4, -0.2) is 53.0 Å². The Morgan fingerprint density at radius 3 is 2.41 bits per heavy atom. The van der Waals surface area contributed by atoms with E-state index in [-0.39, 0.29) is 0 Å². The lowest BCUT2D eigenvalue weighted by Crippen LogP contribution is -2.46. The fourth-order valence-corrected chi connectivity index (χ4v) is 3.32. The first-order chi connectivity index (χ1) is 13.2. The smallest absolute Gasteiger partial charge is 0.191 e. The molecule has 0 amide bonds. The number of guanidine groups is 1. The first-order valence-electron chi connectivity index (χ1n) is 10.0. The molecule has 1 aromatic rings. The Morgan fingerprint density at radius 2 is 1.81 bits per heavy atom. The van der Waals surface area contributed by atoms with Crippen molar-refractivity contribution < 1.29 is 9.47 Å². The molecule has 1 saturated carbocycles. The molecule has 0 atom stereocenters. The van der Waals surface area contributed by atoms with Gasteiger partial charge < -0.3 is 25.4 Å². The van der Waals surface area contributed by atoms with Crippen LogP contribution in [-0.2, 0) is 16.0 Å². The van der Waals surface area contributed by atoms with E-state index in [1.54, 1.807) is 14.2 Å². The summed E-state index contributed by atoms with van der Waals surface area (Å²) < 4.78 is 10.3. The van der Waals surface area contributed by atoms with E-state index in [1.165, 1.54) is 24.8 Å². The highest BCUT2D eigenvalue weighted by atomic mass is 16.5. The van der Waals surface area contributed by atoms with E-state index in [9.17, 15) is 0 Å². The largest absolute Gasteiger partial charge is 0.385 e. The molecule has 0 heterocycles. The molecule has 6 nitrogen and oxygen atoms in total. The van der Waals surface area contributed by atoms with Gasteiger partial charge in [0.25, 0.3) is 0 Å². The van der Waals surface area contributed by atoms with Crippen molar-refractivity contribution in [2.75, 3.05) is 52.4 Å². The highest BCUT2D eigenvalue weighted by Crippen LogP contribution is 2.43. The van der Waals surface area contributed by atoms with Gasteiger partial charge in [-0.15, -0.1) is 0 Å². The van der Waals surface area contributed by atoms with Crippen molar-refractivity contribution in [3.8, 4) is 0 Å². The number of aliphatic imine (C=N–C) groups is 1. The Bertz CT molecular complexity index is 556. The van der Waals surface area contributed by atoms with Crippen molar-refractivity contribution >= 4 is 11.6 Å². The van der Waals surface area contributed by atoms with E-state index in [0.29, 0.717) is 18.6 Å². The lowest BCUT2D eigenvalue weighted by atomic mass is 9.67. The molecule has 0 spiro atoms. The van der Waals surface area contributed by atoms with Crippen LogP contribution in [0.1, 0.15) is 38.2 Å². The number of anilines is 1. The normalized spacial score (nSPS) is 15.9. The molecule has 27 heavy (non-hydrogen) atoms. The minimum absolute atomic E-state index is 0.377. The second-order valence-corrected chi connectivity index (χ2v) is 7.26. The van der Waals surface area contributed by atoms with Crippen LogP contribution in [0.3, 0.4) is 0 Å².